The third-order valence-electron chi connectivity index (χ3n) is 3.19. The van der Waals surface area contributed by atoms with Gasteiger partial charge in [0.2, 0.25) is 0 Å². The van der Waals surface area contributed by atoms with Gasteiger partial charge in [0.05, 0.1) is 12.2 Å². The van der Waals surface area contributed by atoms with Crippen molar-refractivity contribution in [2.24, 2.45) is 0 Å². The molecule has 1 fully saturated rings. The van der Waals surface area contributed by atoms with E-state index in [0.29, 0.717) is 0 Å². The zero-order valence-electron chi connectivity index (χ0n) is 11.3. The predicted octanol–water partition coefficient (Wildman–Crippen LogP) is 1.67. The van der Waals surface area contributed by atoms with Crippen LogP contribution < -0.4 is 5.32 Å². The van der Waals surface area contributed by atoms with E-state index in [4.69, 9.17) is 0 Å². The summed E-state index contributed by atoms with van der Waals surface area (Å²) in [6, 6.07) is 7.96. The van der Waals surface area contributed by atoms with E-state index in [1.165, 1.54) is 0 Å². The minimum absolute atomic E-state index is 0. The lowest BCUT2D eigenvalue weighted by Crippen LogP contribution is -2.43. The van der Waals surface area contributed by atoms with E-state index in [9.17, 15) is 0 Å². The first-order chi connectivity index (χ1) is 9.34. The summed E-state index contributed by atoms with van der Waals surface area (Å²) in [4.78, 5) is 2.36. The fourth-order valence-electron chi connectivity index (χ4n) is 2.18. The Morgan fingerprint density at radius 3 is 2.57 bits per heavy atom. The maximum absolute atomic E-state index is 4.15. The van der Waals surface area contributed by atoms with E-state index in [-0.39, 0.29) is 24.8 Å². The predicted molar refractivity (Wildman–Crippen MR) is 89.5 cm³/mol. The van der Waals surface area contributed by atoms with E-state index < -0.39 is 0 Å². The van der Waals surface area contributed by atoms with Gasteiger partial charge in [-0.25, -0.2) is 0 Å². The SMILES string of the molecule is Brc1ccccc1-n1nnnc1CN1CCNCC1.Cl.Cl. The van der Waals surface area contributed by atoms with Gasteiger partial charge in [-0.2, -0.15) is 4.68 Å². The van der Waals surface area contributed by atoms with Crippen LogP contribution in [0.1, 0.15) is 5.82 Å². The maximum Gasteiger partial charge on any atom is 0.170 e. The van der Waals surface area contributed by atoms with Gasteiger partial charge in [-0.05, 0) is 38.5 Å². The molecule has 1 N–H and O–H groups in total. The average Bonchev–Trinajstić information content (AvgIpc) is 2.88. The molecule has 0 unspecified atom stereocenters. The normalized spacial score (nSPS) is 15.1. The third kappa shape index (κ3) is 4.37. The van der Waals surface area contributed by atoms with Gasteiger partial charge in [-0.1, -0.05) is 12.1 Å². The Hall–Kier alpha value is -0.730. The highest BCUT2D eigenvalue weighted by Gasteiger charge is 2.16. The second-order valence-corrected chi connectivity index (χ2v) is 5.34. The van der Waals surface area contributed by atoms with Crippen molar-refractivity contribution in [1.82, 2.24) is 30.4 Å². The first-order valence-electron chi connectivity index (χ1n) is 6.30. The highest BCUT2D eigenvalue weighted by atomic mass is 79.9. The molecular formula is C12H17BrCl2N6. The van der Waals surface area contributed by atoms with Crippen molar-refractivity contribution in [3.8, 4) is 5.69 Å². The second-order valence-electron chi connectivity index (χ2n) is 4.48. The monoisotopic (exact) mass is 394 g/mol. The lowest BCUT2D eigenvalue weighted by atomic mass is 10.3. The van der Waals surface area contributed by atoms with Crippen LogP contribution in [0.4, 0.5) is 0 Å². The van der Waals surface area contributed by atoms with Crippen LogP contribution >= 0.6 is 40.7 Å². The molecule has 2 heterocycles. The third-order valence-corrected chi connectivity index (χ3v) is 3.86. The Morgan fingerprint density at radius 2 is 1.86 bits per heavy atom. The molecule has 1 saturated heterocycles. The first-order valence-corrected chi connectivity index (χ1v) is 7.09. The van der Waals surface area contributed by atoms with Crippen molar-refractivity contribution in [3.63, 3.8) is 0 Å². The molecule has 9 heteroatoms. The van der Waals surface area contributed by atoms with Crippen molar-refractivity contribution in [3.05, 3.63) is 34.6 Å². The number of hydrogen-bond acceptors (Lipinski definition) is 5. The van der Waals surface area contributed by atoms with E-state index >= 15 is 0 Å². The summed E-state index contributed by atoms with van der Waals surface area (Å²) >= 11 is 3.54. The highest BCUT2D eigenvalue weighted by Crippen LogP contribution is 2.20. The molecule has 116 valence electrons. The Kier molecular flexibility index (Phi) is 7.55. The minimum atomic E-state index is 0. The van der Waals surface area contributed by atoms with Gasteiger partial charge in [0.1, 0.15) is 0 Å². The van der Waals surface area contributed by atoms with Gasteiger partial charge in [0.25, 0.3) is 0 Å². The topological polar surface area (TPSA) is 58.9 Å². The number of piperazine rings is 1. The van der Waals surface area contributed by atoms with Crippen molar-refractivity contribution < 1.29 is 0 Å². The van der Waals surface area contributed by atoms with Crippen LogP contribution in [0.25, 0.3) is 5.69 Å². The van der Waals surface area contributed by atoms with Gasteiger partial charge in [0, 0.05) is 30.7 Å². The van der Waals surface area contributed by atoms with Crippen molar-refractivity contribution in [1.29, 1.82) is 0 Å². The molecule has 0 atom stereocenters. The molecule has 1 aromatic carbocycles. The Balaban J connectivity index is 0.00000110. The number of tetrazole rings is 1. The number of halogens is 3. The van der Waals surface area contributed by atoms with Gasteiger partial charge < -0.3 is 5.32 Å². The number of aromatic nitrogens is 4. The number of nitrogens with zero attached hydrogens (tertiary/aromatic N) is 5. The fraction of sp³-hybridized carbons (Fsp3) is 0.417. The largest absolute Gasteiger partial charge is 0.314 e. The smallest absolute Gasteiger partial charge is 0.170 e. The lowest BCUT2D eigenvalue weighted by Gasteiger charge is -2.26. The van der Waals surface area contributed by atoms with Crippen LogP contribution in [0.15, 0.2) is 28.7 Å². The summed E-state index contributed by atoms with van der Waals surface area (Å²) in [5.74, 6) is 0.869. The van der Waals surface area contributed by atoms with Gasteiger partial charge >= 0.3 is 0 Å². The first kappa shape index (κ1) is 18.3. The number of benzene rings is 1. The molecule has 0 aliphatic carbocycles. The molecule has 1 aromatic heterocycles. The number of nitrogens with one attached hydrogen (secondary N) is 1. The zero-order valence-corrected chi connectivity index (χ0v) is 14.5. The average molecular weight is 396 g/mol. The summed E-state index contributed by atoms with van der Waals surface area (Å²) in [5, 5.41) is 15.4. The van der Waals surface area contributed by atoms with Gasteiger partial charge in [-0.15, -0.1) is 29.9 Å². The number of hydrogen-bond donors (Lipinski definition) is 1. The molecule has 21 heavy (non-hydrogen) atoms. The zero-order chi connectivity index (χ0) is 13.1. The molecule has 6 nitrogen and oxygen atoms in total. The molecule has 0 spiro atoms. The summed E-state index contributed by atoms with van der Waals surface area (Å²) in [5.41, 5.74) is 0.970. The van der Waals surface area contributed by atoms with Crippen LogP contribution in [0, 0.1) is 0 Å². The lowest BCUT2D eigenvalue weighted by molar-refractivity contribution is 0.226. The van der Waals surface area contributed by atoms with Crippen LogP contribution in [0.3, 0.4) is 0 Å². The molecule has 0 bridgehead atoms. The molecule has 3 rings (SSSR count). The number of para-hydroxylation sites is 1. The summed E-state index contributed by atoms with van der Waals surface area (Å²) < 4.78 is 2.79. The minimum Gasteiger partial charge on any atom is -0.314 e. The molecule has 1 aliphatic rings. The molecular weight excluding hydrogens is 379 g/mol. The fourth-order valence-corrected chi connectivity index (χ4v) is 2.64. The van der Waals surface area contributed by atoms with Crippen LogP contribution in [0.2, 0.25) is 0 Å². The Morgan fingerprint density at radius 1 is 1.14 bits per heavy atom. The standard InChI is InChI=1S/C12H15BrN6.2ClH/c13-10-3-1-2-4-11(10)19-12(15-16-17-19)9-18-7-5-14-6-8-18;;/h1-4,14H,5-9H2;2*1H. The Labute approximate surface area is 144 Å². The second kappa shape index (κ2) is 8.65. The summed E-state index contributed by atoms with van der Waals surface area (Å²) in [6.07, 6.45) is 0. The summed E-state index contributed by atoms with van der Waals surface area (Å²) in [7, 11) is 0. The van der Waals surface area contributed by atoms with Gasteiger partial charge in [0.15, 0.2) is 5.82 Å². The van der Waals surface area contributed by atoms with Crippen LogP contribution in [-0.2, 0) is 6.54 Å². The molecule has 0 saturated carbocycles. The Bertz CT molecular complexity index is 558. The van der Waals surface area contributed by atoms with E-state index in [1.54, 1.807) is 4.68 Å². The van der Waals surface area contributed by atoms with Crippen LogP contribution in [0.5, 0.6) is 0 Å². The quantitative estimate of drug-likeness (QED) is 0.856. The molecule has 1 aliphatic heterocycles. The molecule has 0 amide bonds. The maximum atomic E-state index is 4.15. The van der Waals surface area contributed by atoms with Crippen LogP contribution in [-0.4, -0.2) is 51.3 Å². The van der Waals surface area contributed by atoms with Gasteiger partial charge in [-0.3, -0.25) is 4.90 Å². The highest BCUT2D eigenvalue weighted by molar-refractivity contribution is 9.10. The van der Waals surface area contributed by atoms with E-state index in [0.717, 1.165) is 48.7 Å². The number of rotatable bonds is 3. The van der Waals surface area contributed by atoms with Crippen molar-refractivity contribution >= 4 is 40.7 Å². The van der Waals surface area contributed by atoms with Crippen molar-refractivity contribution in [2.75, 3.05) is 26.2 Å². The van der Waals surface area contributed by atoms with E-state index in [1.807, 2.05) is 24.3 Å². The molecule has 0 radical (unpaired) electrons. The summed E-state index contributed by atoms with van der Waals surface area (Å²) in [6.45, 7) is 4.88. The molecule has 2 aromatic rings. The van der Waals surface area contributed by atoms with E-state index in [2.05, 4.69) is 41.7 Å². The van der Waals surface area contributed by atoms with Crippen molar-refractivity contribution in [2.45, 2.75) is 6.54 Å².